The van der Waals surface area contributed by atoms with E-state index in [0.717, 1.165) is 5.56 Å². The minimum atomic E-state index is -0.316. The number of nitrogens with zero attached hydrogens (tertiary/aromatic N) is 2. The number of anilines is 3. The highest BCUT2D eigenvalue weighted by Gasteiger charge is 2.07. The van der Waals surface area contributed by atoms with Crippen LogP contribution in [0.3, 0.4) is 0 Å². The van der Waals surface area contributed by atoms with Crippen LogP contribution in [-0.4, -0.2) is 16.6 Å². The van der Waals surface area contributed by atoms with Crippen LogP contribution in [0.2, 0.25) is 0 Å². The van der Waals surface area contributed by atoms with Gasteiger partial charge in [0.15, 0.2) is 5.82 Å². The van der Waals surface area contributed by atoms with E-state index in [0.29, 0.717) is 29.8 Å². The summed E-state index contributed by atoms with van der Waals surface area (Å²) < 4.78 is 18.6. The maximum absolute atomic E-state index is 13.3. The third-order valence-corrected chi connectivity index (χ3v) is 2.82. The summed E-state index contributed by atoms with van der Waals surface area (Å²) in [6.45, 7) is 4.62. The van der Waals surface area contributed by atoms with Crippen molar-refractivity contribution >= 4 is 17.3 Å². The SMILES string of the molecule is CCOCc1nc(NN)cc(Nc2cc(F)ccc2C)n1. The number of aryl methyl sites for hydroxylation is 1. The van der Waals surface area contributed by atoms with Crippen LogP contribution in [0.1, 0.15) is 18.3 Å². The molecule has 0 bridgehead atoms. The second-order valence-electron chi connectivity index (χ2n) is 4.42. The Morgan fingerprint density at radius 1 is 1.24 bits per heavy atom. The molecule has 0 unspecified atom stereocenters. The maximum Gasteiger partial charge on any atom is 0.158 e. The van der Waals surface area contributed by atoms with Crippen LogP contribution in [0.4, 0.5) is 21.7 Å². The Morgan fingerprint density at radius 2 is 2.00 bits per heavy atom. The van der Waals surface area contributed by atoms with Gasteiger partial charge >= 0.3 is 0 Å². The van der Waals surface area contributed by atoms with Gasteiger partial charge in [0.2, 0.25) is 0 Å². The summed E-state index contributed by atoms with van der Waals surface area (Å²) in [4.78, 5) is 8.50. The molecule has 0 saturated heterocycles. The van der Waals surface area contributed by atoms with Crippen molar-refractivity contribution in [2.75, 3.05) is 17.3 Å². The Balaban J connectivity index is 2.27. The summed E-state index contributed by atoms with van der Waals surface area (Å²) in [5, 5.41) is 3.06. The third kappa shape index (κ3) is 4.11. The number of nitrogen functional groups attached to an aromatic ring is 1. The molecular weight excluding hydrogens is 273 g/mol. The van der Waals surface area contributed by atoms with Gasteiger partial charge < -0.3 is 15.5 Å². The van der Waals surface area contributed by atoms with Gasteiger partial charge in [-0.2, -0.15) is 0 Å². The molecule has 21 heavy (non-hydrogen) atoms. The number of hydrazine groups is 1. The van der Waals surface area contributed by atoms with Crippen LogP contribution in [0, 0.1) is 12.7 Å². The lowest BCUT2D eigenvalue weighted by molar-refractivity contribution is 0.128. The van der Waals surface area contributed by atoms with Crippen molar-refractivity contribution in [3.05, 3.63) is 41.5 Å². The standard InChI is InChI=1S/C14H18FN5O/c1-3-21-8-14-18-12(7-13(19-14)20-16)17-11-6-10(15)5-4-9(11)2/h4-7H,3,8,16H2,1-2H3,(H2,17,18,19,20). The summed E-state index contributed by atoms with van der Waals surface area (Å²) >= 11 is 0. The molecule has 7 heteroatoms. The Morgan fingerprint density at radius 3 is 2.71 bits per heavy atom. The normalized spacial score (nSPS) is 10.5. The maximum atomic E-state index is 13.3. The van der Waals surface area contributed by atoms with Gasteiger partial charge in [0.05, 0.1) is 0 Å². The number of ether oxygens (including phenoxy) is 1. The van der Waals surface area contributed by atoms with E-state index in [9.17, 15) is 4.39 Å². The first-order valence-corrected chi connectivity index (χ1v) is 6.58. The van der Waals surface area contributed by atoms with Crippen molar-refractivity contribution in [1.29, 1.82) is 0 Å². The van der Waals surface area contributed by atoms with Gasteiger partial charge in [-0.25, -0.2) is 20.2 Å². The fourth-order valence-corrected chi connectivity index (χ4v) is 1.76. The van der Waals surface area contributed by atoms with E-state index < -0.39 is 0 Å². The highest BCUT2D eigenvalue weighted by Crippen LogP contribution is 2.21. The molecule has 0 amide bonds. The third-order valence-electron chi connectivity index (χ3n) is 2.82. The van der Waals surface area contributed by atoms with E-state index in [4.69, 9.17) is 10.6 Å². The summed E-state index contributed by atoms with van der Waals surface area (Å²) in [6.07, 6.45) is 0. The van der Waals surface area contributed by atoms with Crippen LogP contribution in [0.15, 0.2) is 24.3 Å². The first kappa shape index (κ1) is 15.1. The molecule has 0 aliphatic carbocycles. The predicted molar refractivity (Wildman–Crippen MR) is 79.6 cm³/mol. The summed E-state index contributed by atoms with van der Waals surface area (Å²) in [5.74, 6) is 6.54. The van der Waals surface area contributed by atoms with E-state index >= 15 is 0 Å². The molecule has 2 rings (SSSR count). The zero-order valence-corrected chi connectivity index (χ0v) is 12.0. The van der Waals surface area contributed by atoms with Gasteiger partial charge in [0, 0.05) is 18.4 Å². The molecule has 0 aliphatic rings. The molecular formula is C14H18FN5O. The molecule has 6 nitrogen and oxygen atoms in total. The number of halogens is 1. The van der Waals surface area contributed by atoms with Gasteiger partial charge in [0.25, 0.3) is 0 Å². The summed E-state index contributed by atoms with van der Waals surface area (Å²) in [5.41, 5.74) is 4.02. The van der Waals surface area contributed by atoms with E-state index in [1.54, 1.807) is 12.1 Å². The minimum absolute atomic E-state index is 0.281. The van der Waals surface area contributed by atoms with Crippen LogP contribution in [0.5, 0.6) is 0 Å². The molecule has 1 aromatic carbocycles. The average Bonchev–Trinajstić information content (AvgIpc) is 2.48. The van der Waals surface area contributed by atoms with Gasteiger partial charge in [-0.05, 0) is 31.5 Å². The number of benzene rings is 1. The molecule has 1 heterocycles. The van der Waals surface area contributed by atoms with Gasteiger partial charge in [0.1, 0.15) is 24.1 Å². The zero-order chi connectivity index (χ0) is 15.2. The second-order valence-corrected chi connectivity index (χ2v) is 4.42. The minimum Gasteiger partial charge on any atom is -0.374 e. The van der Waals surface area contributed by atoms with Crippen LogP contribution < -0.4 is 16.6 Å². The monoisotopic (exact) mass is 291 g/mol. The highest BCUT2D eigenvalue weighted by atomic mass is 19.1. The number of rotatable bonds is 6. The van der Waals surface area contributed by atoms with Crippen LogP contribution in [0.25, 0.3) is 0 Å². The Hall–Kier alpha value is -2.25. The molecule has 0 aliphatic heterocycles. The van der Waals surface area contributed by atoms with E-state index in [1.807, 2.05) is 13.8 Å². The quantitative estimate of drug-likeness (QED) is 0.560. The topological polar surface area (TPSA) is 85.1 Å². The molecule has 0 radical (unpaired) electrons. The second kappa shape index (κ2) is 6.96. The van der Waals surface area contributed by atoms with Crippen molar-refractivity contribution in [3.8, 4) is 0 Å². The van der Waals surface area contributed by atoms with Crippen molar-refractivity contribution in [1.82, 2.24) is 9.97 Å². The number of aromatic nitrogens is 2. The lowest BCUT2D eigenvalue weighted by Crippen LogP contribution is -2.12. The Bertz CT molecular complexity index is 620. The lowest BCUT2D eigenvalue weighted by atomic mass is 10.2. The zero-order valence-electron chi connectivity index (χ0n) is 12.0. The lowest BCUT2D eigenvalue weighted by Gasteiger charge is -2.11. The molecule has 0 fully saturated rings. The fourth-order valence-electron chi connectivity index (χ4n) is 1.76. The van der Waals surface area contributed by atoms with Crippen molar-refractivity contribution in [2.45, 2.75) is 20.5 Å². The van der Waals surface area contributed by atoms with Crippen molar-refractivity contribution < 1.29 is 9.13 Å². The molecule has 1 aromatic heterocycles. The smallest absolute Gasteiger partial charge is 0.158 e. The summed E-state index contributed by atoms with van der Waals surface area (Å²) in [7, 11) is 0. The van der Waals surface area contributed by atoms with Crippen molar-refractivity contribution in [3.63, 3.8) is 0 Å². The van der Waals surface area contributed by atoms with E-state index in [2.05, 4.69) is 20.7 Å². The first-order valence-electron chi connectivity index (χ1n) is 6.58. The number of hydrogen-bond donors (Lipinski definition) is 3. The molecule has 112 valence electrons. The predicted octanol–water partition coefficient (Wildman–Crippen LogP) is 2.49. The molecule has 0 atom stereocenters. The largest absolute Gasteiger partial charge is 0.374 e. The summed E-state index contributed by atoms with van der Waals surface area (Å²) in [6, 6.07) is 6.16. The number of nitrogens with two attached hydrogens (primary N) is 1. The van der Waals surface area contributed by atoms with Crippen molar-refractivity contribution in [2.24, 2.45) is 5.84 Å². The van der Waals surface area contributed by atoms with E-state index in [-0.39, 0.29) is 12.4 Å². The number of nitrogens with one attached hydrogen (secondary N) is 2. The molecule has 4 N–H and O–H groups in total. The van der Waals surface area contributed by atoms with E-state index in [1.165, 1.54) is 12.1 Å². The molecule has 0 spiro atoms. The fraction of sp³-hybridized carbons (Fsp3) is 0.286. The van der Waals surface area contributed by atoms with Gasteiger partial charge in [-0.3, -0.25) is 0 Å². The van der Waals surface area contributed by atoms with Gasteiger partial charge in [-0.15, -0.1) is 0 Å². The Labute approximate surface area is 122 Å². The highest BCUT2D eigenvalue weighted by molar-refractivity contribution is 5.62. The first-order chi connectivity index (χ1) is 10.1. The molecule has 0 saturated carbocycles. The van der Waals surface area contributed by atoms with Crippen LogP contribution in [-0.2, 0) is 11.3 Å². The van der Waals surface area contributed by atoms with Gasteiger partial charge in [-0.1, -0.05) is 6.07 Å². The number of hydrogen-bond acceptors (Lipinski definition) is 6. The average molecular weight is 291 g/mol. The van der Waals surface area contributed by atoms with Crippen LogP contribution >= 0.6 is 0 Å². The molecule has 2 aromatic rings. The Kier molecular flexibility index (Phi) is 5.02.